The number of esters is 1. The van der Waals surface area contributed by atoms with E-state index >= 15 is 0 Å². The van der Waals surface area contributed by atoms with Crippen LogP contribution in [0.1, 0.15) is 78.6 Å². The van der Waals surface area contributed by atoms with Crippen molar-refractivity contribution in [2.24, 2.45) is 5.92 Å². The maximum Gasteiger partial charge on any atom is 0.389 e. The van der Waals surface area contributed by atoms with Crippen LogP contribution in [0, 0.1) is 5.92 Å². The standard InChI is InChI=1S/C35H36F3NO4/c1-2-42-33(40)8-5-21-39-23-30(29-6-3-4-7-31(29)39)34(41)27-15-17-28(18-16-27)43-32(19-20-35(36,37)38)26-13-11-25(12-14-26)22-24-9-10-24/h3-4,6-7,11-18,23-24,32H,2,5,8-10,19-22H2,1H3/t32-/m0/s1. The number of hydrogen-bond acceptors (Lipinski definition) is 4. The van der Waals surface area contributed by atoms with Gasteiger partial charge in [-0.1, -0.05) is 42.5 Å². The third-order valence-corrected chi connectivity index (χ3v) is 7.78. The molecule has 0 radical (unpaired) electrons. The molecule has 0 unspecified atom stereocenters. The summed E-state index contributed by atoms with van der Waals surface area (Å²) in [6, 6.07) is 21.8. The van der Waals surface area contributed by atoms with Gasteiger partial charge in [0.2, 0.25) is 0 Å². The van der Waals surface area contributed by atoms with Gasteiger partial charge >= 0.3 is 12.1 Å². The Morgan fingerprint density at radius 3 is 2.37 bits per heavy atom. The van der Waals surface area contributed by atoms with E-state index in [2.05, 4.69) is 0 Å². The number of rotatable bonds is 14. The molecule has 1 heterocycles. The predicted molar refractivity (Wildman–Crippen MR) is 159 cm³/mol. The molecular weight excluding hydrogens is 555 g/mol. The lowest BCUT2D eigenvalue weighted by molar-refractivity contribution is -0.143. The van der Waals surface area contributed by atoms with Gasteiger partial charge in [-0.15, -0.1) is 0 Å². The van der Waals surface area contributed by atoms with Crippen LogP contribution in [0.15, 0.2) is 79.0 Å². The molecule has 1 aliphatic rings. The minimum atomic E-state index is -4.29. The van der Waals surface area contributed by atoms with E-state index in [0.29, 0.717) is 48.4 Å². The molecule has 0 aliphatic heterocycles. The van der Waals surface area contributed by atoms with E-state index in [0.717, 1.165) is 23.2 Å². The molecule has 3 aromatic carbocycles. The van der Waals surface area contributed by atoms with Gasteiger partial charge in [0, 0.05) is 47.6 Å². The summed E-state index contributed by atoms with van der Waals surface area (Å²) in [6.07, 6.45) is -0.0846. The van der Waals surface area contributed by atoms with Gasteiger partial charge < -0.3 is 14.0 Å². The Labute approximate surface area is 249 Å². The number of ketones is 1. The normalized spacial score (nSPS) is 14.0. The highest BCUT2D eigenvalue weighted by Gasteiger charge is 2.30. The van der Waals surface area contributed by atoms with Crippen molar-refractivity contribution in [2.45, 2.75) is 70.7 Å². The molecule has 5 rings (SSSR count). The first-order valence-corrected chi connectivity index (χ1v) is 14.9. The molecule has 1 aromatic heterocycles. The summed E-state index contributed by atoms with van der Waals surface area (Å²) in [7, 11) is 0. The Balaban J connectivity index is 1.30. The fraction of sp³-hybridized carbons (Fsp3) is 0.371. The summed E-state index contributed by atoms with van der Waals surface area (Å²) < 4.78 is 52.4. The number of para-hydroxylation sites is 1. The van der Waals surface area contributed by atoms with Crippen LogP contribution in [0.3, 0.4) is 0 Å². The Hall–Kier alpha value is -4.07. The number of aryl methyl sites for hydroxylation is 1. The molecule has 226 valence electrons. The second-order valence-corrected chi connectivity index (χ2v) is 11.2. The third kappa shape index (κ3) is 8.27. The van der Waals surface area contributed by atoms with Crippen LogP contribution in [0.25, 0.3) is 10.9 Å². The smallest absolute Gasteiger partial charge is 0.389 e. The first-order valence-electron chi connectivity index (χ1n) is 14.9. The van der Waals surface area contributed by atoms with E-state index in [1.807, 2.05) is 59.3 Å². The lowest BCUT2D eigenvalue weighted by Gasteiger charge is -2.21. The molecule has 0 N–H and O–H groups in total. The maximum absolute atomic E-state index is 13.6. The van der Waals surface area contributed by atoms with E-state index in [9.17, 15) is 22.8 Å². The lowest BCUT2D eigenvalue weighted by Crippen LogP contribution is -2.14. The number of benzene rings is 3. The number of aromatic nitrogens is 1. The number of alkyl halides is 3. The molecule has 5 nitrogen and oxygen atoms in total. The van der Waals surface area contributed by atoms with Gasteiger partial charge in [0.15, 0.2) is 5.78 Å². The minimum absolute atomic E-state index is 0.174. The number of ether oxygens (including phenoxy) is 2. The van der Waals surface area contributed by atoms with Gasteiger partial charge in [0.1, 0.15) is 11.9 Å². The summed E-state index contributed by atoms with van der Waals surface area (Å²) in [4.78, 5) is 25.3. The molecule has 0 amide bonds. The predicted octanol–water partition coefficient (Wildman–Crippen LogP) is 8.63. The van der Waals surface area contributed by atoms with Gasteiger partial charge in [-0.25, -0.2) is 0 Å². The van der Waals surface area contributed by atoms with E-state index in [1.54, 1.807) is 31.2 Å². The summed E-state index contributed by atoms with van der Waals surface area (Å²) in [6.45, 7) is 2.67. The van der Waals surface area contributed by atoms with Gasteiger partial charge in [0.05, 0.1) is 6.61 Å². The highest BCUT2D eigenvalue weighted by atomic mass is 19.4. The first kappa shape index (κ1) is 30.4. The molecule has 43 heavy (non-hydrogen) atoms. The average molecular weight is 592 g/mol. The van der Waals surface area contributed by atoms with Crippen LogP contribution >= 0.6 is 0 Å². The fourth-order valence-corrected chi connectivity index (χ4v) is 5.36. The quantitative estimate of drug-likeness (QED) is 0.109. The van der Waals surface area contributed by atoms with Crippen LogP contribution in [0.5, 0.6) is 5.75 Å². The molecule has 1 atom stereocenters. The zero-order valence-corrected chi connectivity index (χ0v) is 24.2. The molecular formula is C35H36F3NO4. The molecule has 0 bridgehead atoms. The lowest BCUT2D eigenvalue weighted by atomic mass is 10.0. The summed E-state index contributed by atoms with van der Waals surface area (Å²) in [5, 5.41) is 0.807. The van der Waals surface area contributed by atoms with E-state index in [-0.39, 0.29) is 18.2 Å². The zero-order chi connectivity index (χ0) is 30.4. The summed E-state index contributed by atoms with van der Waals surface area (Å²) >= 11 is 0. The number of halogens is 3. The van der Waals surface area contributed by atoms with Gasteiger partial charge in [0.25, 0.3) is 0 Å². The van der Waals surface area contributed by atoms with Gasteiger partial charge in [-0.2, -0.15) is 13.2 Å². The Bertz CT molecular complexity index is 1540. The minimum Gasteiger partial charge on any atom is -0.486 e. The molecule has 1 aliphatic carbocycles. The van der Waals surface area contributed by atoms with Crippen LogP contribution in [-0.4, -0.2) is 29.1 Å². The summed E-state index contributed by atoms with van der Waals surface area (Å²) in [5.74, 6) is 0.694. The number of hydrogen-bond donors (Lipinski definition) is 0. The van der Waals surface area contributed by atoms with Crippen molar-refractivity contribution in [3.8, 4) is 5.75 Å². The topological polar surface area (TPSA) is 57.5 Å². The second-order valence-electron chi connectivity index (χ2n) is 11.2. The number of carbonyl (C=O) groups excluding carboxylic acids is 2. The van der Waals surface area contributed by atoms with Gasteiger partial charge in [-0.05, 0) is 86.4 Å². The monoisotopic (exact) mass is 591 g/mol. The highest BCUT2D eigenvalue weighted by Crippen LogP contribution is 2.35. The van der Waals surface area contributed by atoms with Crippen molar-refractivity contribution in [2.75, 3.05) is 6.61 Å². The fourth-order valence-electron chi connectivity index (χ4n) is 5.36. The van der Waals surface area contributed by atoms with E-state index < -0.39 is 18.7 Å². The SMILES string of the molecule is CCOC(=O)CCCn1cc(C(=O)c2ccc(O[C@@H](CCC(F)(F)F)c3ccc(CC4CC4)cc3)cc2)c2ccccc21. The number of nitrogens with zero attached hydrogens (tertiary/aromatic N) is 1. The van der Waals surface area contributed by atoms with Crippen molar-refractivity contribution in [3.63, 3.8) is 0 Å². The van der Waals surface area contributed by atoms with E-state index in [1.165, 1.54) is 18.4 Å². The molecule has 0 saturated heterocycles. The number of carbonyl (C=O) groups is 2. The van der Waals surface area contributed by atoms with E-state index in [4.69, 9.17) is 9.47 Å². The largest absolute Gasteiger partial charge is 0.486 e. The second kappa shape index (κ2) is 13.5. The Kier molecular flexibility index (Phi) is 9.53. The maximum atomic E-state index is 13.6. The molecule has 1 fully saturated rings. The number of fused-ring (bicyclic) bond motifs is 1. The Morgan fingerprint density at radius 2 is 1.70 bits per heavy atom. The van der Waals surface area contributed by atoms with Gasteiger partial charge in [-0.3, -0.25) is 9.59 Å². The van der Waals surface area contributed by atoms with Crippen molar-refractivity contribution in [1.82, 2.24) is 4.57 Å². The molecule has 1 saturated carbocycles. The molecule has 0 spiro atoms. The van der Waals surface area contributed by atoms with Crippen molar-refractivity contribution in [3.05, 3.63) is 101 Å². The molecule has 4 aromatic rings. The zero-order valence-electron chi connectivity index (χ0n) is 24.2. The third-order valence-electron chi connectivity index (χ3n) is 7.78. The molecule has 8 heteroatoms. The first-order chi connectivity index (χ1) is 20.7. The van der Waals surface area contributed by atoms with Crippen molar-refractivity contribution >= 4 is 22.7 Å². The Morgan fingerprint density at radius 1 is 0.977 bits per heavy atom. The van der Waals surface area contributed by atoms with Crippen molar-refractivity contribution < 1.29 is 32.2 Å². The van der Waals surface area contributed by atoms with Crippen molar-refractivity contribution in [1.29, 1.82) is 0 Å². The van der Waals surface area contributed by atoms with Crippen LogP contribution in [0.4, 0.5) is 13.2 Å². The van der Waals surface area contributed by atoms with Crippen LogP contribution < -0.4 is 4.74 Å². The summed E-state index contributed by atoms with van der Waals surface area (Å²) in [5.41, 5.74) is 3.75. The highest BCUT2D eigenvalue weighted by molar-refractivity contribution is 6.16. The van der Waals surface area contributed by atoms with Crippen LogP contribution in [-0.2, 0) is 22.5 Å². The average Bonchev–Trinajstić information content (AvgIpc) is 3.74. The van der Waals surface area contributed by atoms with Crippen LogP contribution in [0.2, 0.25) is 0 Å².